The number of aromatic nitrogens is 4. The highest BCUT2D eigenvalue weighted by Crippen LogP contribution is 2.14. The van der Waals surface area contributed by atoms with Crippen LogP contribution in [-0.4, -0.2) is 25.9 Å². The van der Waals surface area contributed by atoms with E-state index in [1.54, 1.807) is 19.1 Å². The molecule has 0 bridgehead atoms. The van der Waals surface area contributed by atoms with Gasteiger partial charge in [0.1, 0.15) is 0 Å². The third-order valence-corrected chi connectivity index (χ3v) is 3.17. The summed E-state index contributed by atoms with van der Waals surface area (Å²) in [5.41, 5.74) is 1.49. The second-order valence-corrected chi connectivity index (χ2v) is 4.65. The Bertz CT molecular complexity index is 847. The number of hydrogen-bond acceptors (Lipinski definition) is 4. The van der Waals surface area contributed by atoms with Crippen molar-refractivity contribution < 1.29 is 4.79 Å². The minimum atomic E-state index is -0.296. The molecule has 7 nitrogen and oxygen atoms in total. The minimum Gasteiger partial charge on any atom is -0.322 e. The summed E-state index contributed by atoms with van der Waals surface area (Å²) >= 11 is 0. The van der Waals surface area contributed by atoms with Crippen molar-refractivity contribution in [1.82, 2.24) is 20.0 Å². The van der Waals surface area contributed by atoms with E-state index in [1.165, 1.54) is 23.0 Å². The molecule has 0 spiro atoms. The van der Waals surface area contributed by atoms with E-state index < -0.39 is 0 Å². The second kappa shape index (κ2) is 5.65. The average Bonchev–Trinajstić information content (AvgIpc) is 2.91. The normalized spacial score (nSPS) is 10.4. The van der Waals surface area contributed by atoms with Crippen LogP contribution in [0.25, 0.3) is 5.82 Å². The number of anilines is 1. The zero-order valence-electron chi connectivity index (χ0n) is 11.8. The molecule has 3 aromatic rings. The van der Waals surface area contributed by atoms with Gasteiger partial charge in [-0.25, -0.2) is 9.78 Å². The minimum absolute atomic E-state index is 0.251. The number of aromatic amines is 1. The van der Waals surface area contributed by atoms with Crippen molar-refractivity contribution in [3.05, 3.63) is 70.3 Å². The van der Waals surface area contributed by atoms with Crippen molar-refractivity contribution in [2.75, 3.05) is 5.32 Å². The fourth-order valence-electron chi connectivity index (χ4n) is 2.04. The van der Waals surface area contributed by atoms with Gasteiger partial charge in [-0.05, 0) is 25.1 Å². The molecule has 0 aliphatic heterocycles. The van der Waals surface area contributed by atoms with Crippen LogP contribution in [0.3, 0.4) is 0 Å². The van der Waals surface area contributed by atoms with Crippen molar-refractivity contribution in [3.8, 4) is 5.82 Å². The number of H-pyrrole nitrogens is 1. The number of carbonyl (C=O) groups excluding carboxylic acids is 1. The van der Waals surface area contributed by atoms with Gasteiger partial charge in [0.2, 0.25) is 0 Å². The number of nitrogens with one attached hydrogen (secondary N) is 2. The number of para-hydroxylation sites is 1. The summed E-state index contributed by atoms with van der Waals surface area (Å²) in [6, 6.07) is 12.1. The molecule has 1 amide bonds. The van der Waals surface area contributed by atoms with Crippen molar-refractivity contribution >= 4 is 11.6 Å². The van der Waals surface area contributed by atoms with Gasteiger partial charge in [-0.1, -0.05) is 18.2 Å². The lowest BCUT2D eigenvalue weighted by Gasteiger charge is -2.05. The SMILES string of the molecule is Cc1c(C(=O)Nc2ccccc2)cnn1-c1ccc(=O)[nH]n1. The highest BCUT2D eigenvalue weighted by Gasteiger charge is 2.15. The van der Waals surface area contributed by atoms with E-state index in [2.05, 4.69) is 20.6 Å². The molecule has 1 aromatic carbocycles. The first-order valence-electron chi connectivity index (χ1n) is 6.62. The molecule has 3 rings (SSSR count). The molecule has 0 unspecified atom stereocenters. The maximum atomic E-state index is 12.3. The molecular formula is C15H13N5O2. The summed E-state index contributed by atoms with van der Waals surface area (Å²) < 4.78 is 1.50. The van der Waals surface area contributed by atoms with Gasteiger partial charge < -0.3 is 5.32 Å². The quantitative estimate of drug-likeness (QED) is 0.766. The summed E-state index contributed by atoms with van der Waals surface area (Å²) in [6.45, 7) is 1.76. The number of benzene rings is 1. The zero-order chi connectivity index (χ0) is 15.5. The van der Waals surface area contributed by atoms with Gasteiger partial charge in [-0.3, -0.25) is 9.59 Å². The first kappa shape index (κ1) is 13.7. The summed E-state index contributed by atoms with van der Waals surface area (Å²) in [7, 11) is 0. The van der Waals surface area contributed by atoms with Gasteiger partial charge in [0.25, 0.3) is 11.5 Å². The Morgan fingerprint density at radius 2 is 1.95 bits per heavy atom. The third kappa shape index (κ3) is 2.64. The molecule has 0 radical (unpaired) electrons. The highest BCUT2D eigenvalue weighted by atomic mass is 16.1. The van der Waals surface area contributed by atoms with Gasteiger partial charge in [-0.2, -0.15) is 10.2 Å². The van der Waals surface area contributed by atoms with Crippen LogP contribution < -0.4 is 10.9 Å². The fourth-order valence-corrected chi connectivity index (χ4v) is 2.04. The van der Waals surface area contributed by atoms with E-state index in [0.717, 1.165) is 0 Å². The van der Waals surface area contributed by atoms with E-state index in [0.29, 0.717) is 22.8 Å². The lowest BCUT2D eigenvalue weighted by Crippen LogP contribution is -2.14. The maximum absolute atomic E-state index is 12.3. The molecule has 0 atom stereocenters. The van der Waals surface area contributed by atoms with Gasteiger partial charge in [-0.15, -0.1) is 0 Å². The summed E-state index contributed by atoms with van der Waals surface area (Å²) in [4.78, 5) is 23.3. The lowest BCUT2D eigenvalue weighted by molar-refractivity contribution is 0.102. The van der Waals surface area contributed by atoms with Gasteiger partial charge in [0.15, 0.2) is 5.82 Å². The Labute approximate surface area is 125 Å². The molecule has 0 saturated heterocycles. The van der Waals surface area contributed by atoms with Gasteiger partial charge in [0, 0.05) is 11.8 Å². The molecule has 2 aromatic heterocycles. The second-order valence-electron chi connectivity index (χ2n) is 4.65. The van der Waals surface area contributed by atoms with Crippen molar-refractivity contribution in [1.29, 1.82) is 0 Å². The Kier molecular flexibility index (Phi) is 3.53. The van der Waals surface area contributed by atoms with E-state index in [9.17, 15) is 9.59 Å². The molecule has 110 valence electrons. The number of nitrogens with zero attached hydrogens (tertiary/aromatic N) is 3. The third-order valence-electron chi connectivity index (χ3n) is 3.17. The Hall–Kier alpha value is -3.22. The average molecular weight is 295 g/mol. The number of hydrogen-bond donors (Lipinski definition) is 2. The first-order valence-corrected chi connectivity index (χ1v) is 6.62. The van der Waals surface area contributed by atoms with Crippen LogP contribution in [0.4, 0.5) is 5.69 Å². The molecule has 0 saturated carbocycles. The van der Waals surface area contributed by atoms with Crippen LogP contribution in [0.15, 0.2) is 53.5 Å². The largest absolute Gasteiger partial charge is 0.322 e. The maximum Gasteiger partial charge on any atom is 0.264 e. The smallest absolute Gasteiger partial charge is 0.264 e. The number of rotatable bonds is 3. The van der Waals surface area contributed by atoms with Crippen molar-refractivity contribution in [2.24, 2.45) is 0 Å². The summed E-state index contributed by atoms with van der Waals surface area (Å²) in [5, 5.41) is 13.2. The molecule has 0 aliphatic carbocycles. The Morgan fingerprint density at radius 1 is 1.18 bits per heavy atom. The summed E-state index contributed by atoms with van der Waals surface area (Å²) in [5.74, 6) is 0.190. The molecule has 0 aliphatic rings. The van der Waals surface area contributed by atoms with E-state index >= 15 is 0 Å². The standard InChI is InChI=1S/C15H13N5O2/c1-10-12(15(22)17-11-5-3-2-4-6-11)9-16-20(10)13-7-8-14(21)19-18-13/h2-9H,1H3,(H,17,22)(H,19,21). The monoisotopic (exact) mass is 295 g/mol. The molecule has 7 heteroatoms. The molecule has 2 N–H and O–H groups in total. The Morgan fingerprint density at radius 3 is 2.64 bits per heavy atom. The van der Waals surface area contributed by atoms with Crippen molar-refractivity contribution in [3.63, 3.8) is 0 Å². The topological polar surface area (TPSA) is 92.7 Å². The van der Waals surface area contributed by atoms with Gasteiger partial charge in [0.05, 0.1) is 17.5 Å². The van der Waals surface area contributed by atoms with E-state index in [4.69, 9.17) is 0 Å². The lowest BCUT2D eigenvalue weighted by atomic mass is 10.2. The molecular weight excluding hydrogens is 282 g/mol. The van der Waals surface area contributed by atoms with Gasteiger partial charge >= 0.3 is 0 Å². The van der Waals surface area contributed by atoms with Crippen LogP contribution >= 0.6 is 0 Å². The fraction of sp³-hybridized carbons (Fsp3) is 0.0667. The number of amides is 1. The van der Waals surface area contributed by atoms with Crippen LogP contribution in [0.2, 0.25) is 0 Å². The summed E-state index contributed by atoms with van der Waals surface area (Å²) in [6.07, 6.45) is 1.47. The van der Waals surface area contributed by atoms with E-state index in [-0.39, 0.29) is 11.5 Å². The molecule has 0 fully saturated rings. The van der Waals surface area contributed by atoms with Crippen LogP contribution in [0.5, 0.6) is 0 Å². The molecule has 2 heterocycles. The Balaban J connectivity index is 1.88. The number of carbonyl (C=O) groups is 1. The van der Waals surface area contributed by atoms with Crippen LogP contribution in [0, 0.1) is 6.92 Å². The molecule has 22 heavy (non-hydrogen) atoms. The predicted molar refractivity (Wildman–Crippen MR) is 81.1 cm³/mol. The van der Waals surface area contributed by atoms with Crippen LogP contribution in [-0.2, 0) is 0 Å². The van der Waals surface area contributed by atoms with E-state index in [1.807, 2.05) is 18.2 Å². The van der Waals surface area contributed by atoms with Crippen molar-refractivity contribution in [2.45, 2.75) is 6.92 Å². The zero-order valence-corrected chi connectivity index (χ0v) is 11.8. The van der Waals surface area contributed by atoms with Crippen LogP contribution in [0.1, 0.15) is 16.1 Å². The predicted octanol–water partition coefficient (Wildman–Crippen LogP) is 1.52. The first-order chi connectivity index (χ1) is 10.6. The highest BCUT2D eigenvalue weighted by molar-refractivity contribution is 6.04.